The van der Waals surface area contributed by atoms with Crippen molar-refractivity contribution in [1.82, 2.24) is 9.97 Å². The van der Waals surface area contributed by atoms with Gasteiger partial charge in [0.05, 0.1) is 14.2 Å². The van der Waals surface area contributed by atoms with Crippen LogP contribution in [0.4, 0.5) is 0 Å². The van der Waals surface area contributed by atoms with Crippen molar-refractivity contribution in [1.29, 1.82) is 0 Å². The predicted octanol–water partition coefficient (Wildman–Crippen LogP) is 1.06. The summed E-state index contributed by atoms with van der Waals surface area (Å²) in [6.07, 6.45) is 4.78. The summed E-state index contributed by atoms with van der Waals surface area (Å²) in [5.74, 6) is -0.370. The molecule has 0 bridgehead atoms. The van der Waals surface area contributed by atoms with Crippen LogP contribution in [-0.4, -0.2) is 30.2 Å². The monoisotopic (exact) mass is 208 g/mol. The fourth-order valence-corrected chi connectivity index (χ4v) is 0.976. The fourth-order valence-electron chi connectivity index (χ4n) is 0.976. The van der Waals surface area contributed by atoms with Crippen molar-refractivity contribution in [2.45, 2.75) is 6.92 Å². The van der Waals surface area contributed by atoms with Crippen LogP contribution in [0, 0.1) is 0 Å². The van der Waals surface area contributed by atoms with Crippen LogP contribution >= 0.6 is 0 Å². The standard InChI is InChI=1S/C10H12N2O3/c1-7(9(13)14-2)4-8-5-11-10(15-3)12-6-8/h4-6H,1-3H3/b7-4+. The van der Waals surface area contributed by atoms with Crippen LogP contribution in [0.2, 0.25) is 0 Å². The molecule has 0 amide bonds. The number of carbonyl (C=O) groups is 1. The van der Waals surface area contributed by atoms with Crippen LogP contribution < -0.4 is 4.74 Å². The Labute approximate surface area is 87.8 Å². The maximum absolute atomic E-state index is 11.1. The molecule has 80 valence electrons. The highest BCUT2D eigenvalue weighted by molar-refractivity contribution is 5.92. The smallest absolute Gasteiger partial charge is 0.333 e. The van der Waals surface area contributed by atoms with E-state index in [1.54, 1.807) is 25.4 Å². The molecule has 1 heterocycles. The van der Waals surface area contributed by atoms with E-state index in [1.165, 1.54) is 14.2 Å². The second-order valence-corrected chi connectivity index (χ2v) is 2.82. The first-order valence-electron chi connectivity index (χ1n) is 4.30. The van der Waals surface area contributed by atoms with E-state index >= 15 is 0 Å². The van der Waals surface area contributed by atoms with Crippen molar-refractivity contribution in [2.24, 2.45) is 0 Å². The van der Waals surface area contributed by atoms with Crippen molar-refractivity contribution >= 4 is 12.0 Å². The first-order chi connectivity index (χ1) is 7.17. The summed E-state index contributed by atoms with van der Waals surface area (Å²) < 4.78 is 9.36. The molecule has 0 saturated heterocycles. The summed E-state index contributed by atoms with van der Waals surface area (Å²) in [5.41, 5.74) is 1.21. The molecular weight excluding hydrogens is 196 g/mol. The van der Waals surface area contributed by atoms with E-state index in [0.29, 0.717) is 11.6 Å². The van der Waals surface area contributed by atoms with Crippen molar-refractivity contribution in [3.05, 3.63) is 23.5 Å². The molecular formula is C10H12N2O3. The number of aromatic nitrogens is 2. The van der Waals surface area contributed by atoms with E-state index in [-0.39, 0.29) is 5.97 Å². The van der Waals surface area contributed by atoms with Crippen LogP contribution in [0.5, 0.6) is 6.01 Å². The van der Waals surface area contributed by atoms with Gasteiger partial charge in [-0.15, -0.1) is 0 Å². The van der Waals surface area contributed by atoms with Gasteiger partial charge in [0.1, 0.15) is 0 Å². The molecule has 0 aliphatic heterocycles. The van der Waals surface area contributed by atoms with Crippen LogP contribution in [0.15, 0.2) is 18.0 Å². The van der Waals surface area contributed by atoms with Crippen LogP contribution in [-0.2, 0) is 9.53 Å². The van der Waals surface area contributed by atoms with Gasteiger partial charge in [-0.1, -0.05) is 0 Å². The summed E-state index contributed by atoms with van der Waals surface area (Å²) in [6.45, 7) is 1.66. The maximum Gasteiger partial charge on any atom is 0.333 e. The Morgan fingerprint density at radius 1 is 1.33 bits per heavy atom. The summed E-state index contributed by atoms with van der Waals surface area (Å²) in [5, 5.41) is 0. The van der Waals surface area contributed by atoms with E-state index in [1.807, 2.05) is 0 Å². The molecule has 0 aliphatic carbocycles. The van der Waals surface area contributed by atoms with Gasteiger partial charge in [0, 0.05) is 23.5 Å². The molecule has 0 aromatic carbocycles. The normalized spacial score (nSPS) is 11.0. The quantitative estimate of drug-likeness (QED) is 0.549. The van der Waals surface area contributed by atoms with Gasteiger partial charge in [-0.2, -0.15) is 0 Å². The van der Waals surface area contributed by atoms with Gasteiger partial charge in [0.25, 0.3) is 0 Å². The zero-order chi connectivity index (χ0) is 11.3. The van der Waals surface area contributed by atoms with Crippen LogP contribution in [0.3, 0.4) is 0 Å². The van der Waals surface area contributed by atoms with Crippen molar-refractivity contribution < 1.29 is 14.3 Å². The molecule has 0 aliphatic rings. The Balaban J connectivity index is 2.84. The van der Waals surface area contributed by atoms with Gasteiger partial charge in [-0.25, -0.2) is 14.8 Å². The molecule has 0 atom stereocenters. The highest BCUT2D eigenvalue weighted by atomic mass is 16.5. The molecule has 0 saturated carbocycles. The number of hydrogen-bond acceptors (Lipinski definition) is 5. The Morgan fingerprint density at radius 3 is 2.40 bits per heavy atom. The lowest BCUT2D eigenvalue weighted by Crippen LogP contribution is -2.01. The Hall–Kier alpha value is -1.91. The van der Waals surface area contributed by atoms with E-state index in [4.69, 9.17) is 4.74 Å². The summed E-state index contributed by atoms with van der Waals surface area (Å²) in [4.78, 5) is 18.9. The Morgan fingerprint density at radius 2 is 1.93 bits per heavy atom. The molecule has 1 rings (SSSR count). The summed E-state index contributed by atoms with van der Waals surface area (Å²) in [7, 11) is 2.83. The lowest BCUT2D eigenvalue weighted by Gasteiger charge is -1.99. The second kappa shape index (κ2) is 5.09. The SMILES string of the molecule is COC(=O)/C(C)=C/c1cnc(OC)nc1. The number of nitrogens with zero attached hydrogens (tertiary/aromatic N) is 2. The van der Waals surface area contributed by atoms with E-state index in [2.05, 4.69) is 14.7 Å². The Kier molecular flexibility index (Phi) is 3.79. The average molecular weight is 208 g/mol. The molecule has 0 spiro atoms. The second-order valence-electron chi connectivity index (χ2n) is 2.82. The van der Waals surface area contributed by atoms with Gasteiger partial charge in [0.15, 0.2) is 0 Å². The van der Waals surface area contributed by atoms with Crippen molar-refractivity contribution in [3.8, 4) is 6.01 Å². The third-order valence-electron chi connectivity index (χ3n) is 1.72. The minimum atomic E-state index is -0.370. The first kappa shape index (κ1) is 11.2. The Bertz CT molecular complexity index is 371. The van der Waals surface area contributed by atoms with Gasteiger partial charge >= 0.3 is 12.0 Å². The van der Waals surface area contributed by atoms with Crippen LogP contribution in [0.1, 0.15) is 12.5 Å². The minimum Gasteiger partial charge on any atom is -0.467 e. The van der Waals surface area contributed by atoms with Gasteiger partial charge in [-0.3, -0.25) is 0 Å². The topological polar surface area (TPSA) is 61.3 Å². The molecule has 15 heavy (non-hydrogen) atoms. The van der Waals surface area contributed by atoms with Crippen LogP contribution in [0.25, 0.3) is 6.08 Å². The third kappa shape index (κ3) is 3.05. The van der Waals surface area contributed by atoms with Gasteiger partial charge in [0.2, 0.25) is 0 Å². The zero-order valence-electron chi connectivity index (χ0n) is 8.85. The minimum absolute atomic E-state index is 0.294. The van der Waals surface area contributed by atoms with Gasteiger partial charge < -0.3 is 9.47 Å². The van der Waals surface area contributed by atoms with E-state index in [0.717, 1.165) is 5.56 Å². The first-order valence-corrected chi connectivity index (χ1v) is 4.30. The third-order valence-corrected chi connectivity index (χ3v) is 1.72. The van der Waals surface area contributed by atoms with E-state index < -0.39 is 0 Å². The molecule has 5 nitrogen and oxygen atoms in total. The number of methoxy groups -OCH3 is 2. The fraction of sp³-hybridized carbons (Fsp3) is 0.300. The lowest BCUT2D eigenvalue weighted by molar-refractivity contribution is -0.135. The lowest BCUT2D eigenvalue weighted by atomic mass is 10.2. The highest BCUT2D eigenvalue weighted by Gasteiger charge is 2.03. The number of rotatable bonds is 3. The molecule has 0 unspecified atom stereocenters. The van der Waals surface area contributed by atoms with Gasteiger partial charge in [-0.05, 0) is 13.0 Å². The number of hydrogen-bond donors (Lipinski definition) is 0. The molecule has 5 heteroatoms. The zero-order valence-corrected chi connectivity index (χ0v) is 8.85. The average Bonchev–Trinajstić information content (AvgIpc) is 2.29. The van der Waals surface area contributed by atoms with Crippen molar-refractivity contribution in [3.63, 3.8) is 0 Å². The molecule has 0 fully saturated rings. The largest absolute Gasteiger partial charge is 0.467 e. The number of esters is 1. The van der Waals surface area contributed by atoms with E-state index in [9.17, 15) is 4.79 Å². The summed E-state index contributed by atoms with van der Waals surface area (Å²) >= 11 is 0. The number of ether oxygens (including phenoxy) is 2. The molecule has 0 N–H and O–H groups in total. The predicted molar refractivity (Wildman–Crippen MR) is 54.3 cm³/mol. The maximum atomic E-state index is 11.1. The molecule has 1 aromatic rings. The number of carbonyl (C=O) groups excluding carboxylic acids is 1. The summed E-state index contributed by atoms with van der Waals surface area (Å²) in [6, 6.07) is 0.294. The highest BCUT2D eigenvalue weighted by Crippen LogP contribution is 2.07. The molecule has 1 aromatic heterocycles. The van der Waals surface area contributed by atoms with Crippen molar-refractivity contribution in [2.75, 3.05) is 14.2 Å². The molecule has 0 radical (unpaired) electrons.